The number of hydrogen-bond donors (Lipinski definition) is 3. The molecule has 2 amide bonds. The minimum atomic E-state index is -0.800. The quantitative estimate of drug-likeness (QED) is 0.522. The van der Waals surface area contributed by atoms with Crippen LogP contribution in [0.25, 0.3) is 0 Å². The molecule has 1 aliphatic heterocycles. The van der Waals surface area contributed by atoms with Gasteiger partial charge in [0.1, 0.15) is 0 Å². The van der Waals surface area contributed by atoms with E-state index in [1.807, 2.05) is 11.8 Å². The predicted molar refractivity (Wildman–Crippen MR) is 94.7 cm³/mol. The summed E-state index contributed by atoms with van der Waals surface area (Å²) in [6, 6.07) is 0.663. The van der Waals surface area contributed by atoms with Gasteiger partial charge in [-0.2, -0.15) is 0 Å². The molecule has 2 aliphatic rings. The van der Waals surface area contributed by atoms with Gasteiger partial charge in [0, 0.05) is 38.3 Å². The lowest BCUT2D eigenvalue weighted by molar-refractivity contribution is -0.139. The molecule has 1 heterocycles. The van der Waals surface area contributed by atoms with E-state index < -0.39 is 5.97 Å². The summed E-state index contributed by atoms with van der Waals surface area (Å²) in [7, 11) is 1.71. The van der Waals surface area contributed by atoms with Crippen LogP contribution in [0.2, 0.25) is 0 Å². The number of amides is 2. The first-order chi connectivity index (χ1) is 12.0. The Hall–Kier alpha value is -1.38. The maximum absolute atomic E-state index is 12.1. The van der Waals surface area contributed by atoms with Gasteiger partial charge in [-0.25, -0.2) is 4.79 Å². The molecule has 25 heavy (non-hydrogen) atoms. The van der Waals surface area contributed by atoms with E-state index in [0.29, 0.717) is 12.6 Å². The number of carbonyl (C=O) groups is 2. The van der Waals surface area contributed by atoms with Crippen LogP contribution in [0.5, 0.6) is 0 Å². The van der Waals surface area contributed by atoms with Crippen molar-refractivity contribution in [1.82, 2.24) is 20.4 Å². The third-order valence-electron chi connectivity index (χ3n) is 5.29. The normalized spacial score (nSPS) is 26.4. The Morgan fingerprint density at radius 3 is 2.76 bits per heavy atom. The number of likely N-dealkylation sites (N-methyl/N-ethyl adjacent to an activating group) is 1. The largest absolute Gasteiger partial charge is 0.480 e. The molecule has 0 spiro atoms. The molecule has 0 aromatic heterocycles. The first-order valence-electron chi connectivity index (χ1n) is 9.26. The number of carboxylic acids is 1. The van der Waals surface area contributed by atoms with Gasteiger partial charge < -0.3 is 20.5 Å². The summed E-state index contributed by atoms with van der Waals surface area (Å²) >= 11 is 0. The van der Waals surface area contributed by atoms with E-state index in [-0.39, 0.29) is 24.7 Å². The Kier molecular flexibility index (Phi) is 7.92. The number of ether oxygens (including phenoxy) is 1. The third-order valence-corrected chi connectivity index (χ3v) is 5.29. The van der Waals surface area contributed by atoms with Crippen LogP contribution >= 0.6 is 0 Å². The molecule has 0 aromatic carbocycles. The molecule has 2 rings (SSSR count). The van der Waals surface area contributed by atoms with Gasteiger partial charge in [0.15, 0.2) is 0 Å². The number of carbonyl (C=O) groups excluding carboxylic acids is 1. The molecular weight excluding hydrogens is 324 g/mol. The summed E-state index contributed by atoms with van der Waals surface area (Å²) in [5, 5.41) is 14.9. The lowest BCUT2D eigenvalue weighted by Gasteiger charge is -2.42. The van der Waals surface area contributed by atoms with Crippen LogP contribution in [0.3, 0.4) is 0 Å². The number of rotatable bonds is 10. The van der Waals surface area contributed by atoms with Gasteiger partial charge in [0.05, 0.1) is 13.2 Å². The minimum absolute atomic E-state index is 0.0685. The van der Waals surface area contributed by atoms with Crippen molar-refractivity contribution in [3.63, 3.8) is 0 Å². The van der Waals surface area contributed by atoms with Crippen LogP contribution in [0.1, 0.15) is 32.6 Å². The fourth-order valence-electron chi connectivity index (χ4n) is 3.75. The SMILES string of the molecule is CCN(CC(=O)O)C1CC(NC(=O)NCC2CCCN2CCOC)C1. The summed E-state index contributed by atoms with van der Waals surface area (Å²) < 4.78 is 5.13. The van der Waals surface area contributed by atoms with E-state index in [2.05, 4.69) is 15.5 Å². The van der Waals surface area contributed by atoms with E-state index in [9.17, 15) is 9.59 Å². The van der Waals surface area contributed by atoms with Crippen LogP contribution in [0.4, 0.5) is 4.79 Å². The molecule has 144 valence electrons. The molecular formula is C17H32N4O4. The van der Waals surface area contributed by atoms with Gasteiger partial charge in [-0.05, 0) is 38.8 Å². The summed E-state index contributed by atoms with van der Waals surface area (Å²) in [6.07, 6.45) is 3.91. The fraction of sp³-hybridized carbons (Fsp3) is 0.882. The maximum atomic E-state index is 12.1. The molecule has 1 saturated heterocycles. The van der Waals surface area contributed by atoms with Crippen LogP contribution in [0, 0.1) is 0 Å². The van der Waals surface area contributed by atoms with Crippen molar-refractivity contribution < 1.29 is 19.4 Å². The molecule has 1 atom stereocenters. The van der Waals surface area contributed by atoms with Crippen molar-refractivity contribution in [2.24, 2.45) is 0 Å². The van der Waals surface area contributed by atoms with E-state index in [0.717, 1.165) is 45.5 Å². The smallest absolute Gasteiger partial charge is 0.317 e. The van der Waals surface area contributed by atoms with Crippen molar-refractivity contribution >= 4 is 12.0 Å². The second kappa shape index (κ2) is 9.94. The van der Waals surface area contributed by atoms with Crippen molar-refractivity contribution in [2.45, 2.75) is 50.7 Å². The highest BCUT2D eigenvalue weighted by Gasteiger charge is 2.34. The second-order valence-corrected chi connectivity index (χ2v) is 6.96. The Balaban J connectivity index is 1.62. The summed E-state index contributed by atoms with van der Waals surface area (Å²) in [6.45, 7) is 6.10. The van der Waals surface area contributed by atoms with Crippen molar-refractivity contribution in [3.05, 3.63) is 0 Å². The molecule has 0 bridgehead atoms. The molecule has 8 heteroatoms. The first kappa shape index (κ1) is 19.9. The zero-order valence-electron chi connectivity index (χ0n) is 15.4. The fourth-order valence-corrected chi connectivity index (χ4v) is 3.75. The summed E-state index contributed by atoms with van der Waals surface area (Å²) in [5.74, 6) is -0.800. The number of likely N-dealkylation sites (tertiary alicyclic amines) is 1. The highest BCUT2D eigenvalue weighted by atomic mass is 16.5. The highest BCUT2D eigenvalue weighted by molar-refractivity contribution is 5.74. The Bertz CT molecular complexity index is 442. The average molecular weight is 356 g/mol. The number of hydrogen-bond acceptors (Lipinski definition) is 5. The minimum Gasteiger partial charge on any atom is -0.480 e. The average Bonchev–Trinajstić information content (AvgIpc) is 2.99. The number of carboxylic acid groups (broad SMARTS) is 1. The molecule has 3 N–H and O–H groups in total. The summed E-state index contributed by atoms with van der Waals surface area (Å²) in [5.41, 5.74) is 0. The molecule has 8 nitrogen and oxygen atoms in total. The van der Waals surface area contributed by atoms with E-state index in [1.165, 1.54) is 6.42 Å². The highest BCUT2D eigenvalue weighted by Crippen LogP contribution is 2.25. The monoisotopic (exact) mass is 356 g/mol. The summed E-state index contributed by atoms with van der Waals surface area (Å²) in [4.78, 5) is 27.2. The lowest BCUT2D eigenvalue weighted by atomic mass is 9.85. The second-order valence-electron chi connectivity index (χ2n) is 6.96. The zero-order valence-corrected chi connectivity index (χ0v) is 15.4. The molecule has 1 saturated carbocycles. The van der Waals surface area contributed by atoms with Gasteiger partial charge in [-0.15, -0.1) is 0 Å². The van der Waals surface area contributed by atoms with Gasteiger partial charge in [0.2, 0.25) is 0 Å². The standard InChI is InChI=1S/C17H32N4O4/c1-3-20(12-16(22)23)15-9-13(10-15)19-17(24)18-11-14-5-4-6-21(14)7-8-25-2/h13-15H,3-12H2,1-2H3,(H,22,23)(H2,18,19,24). The molecule has 1 aliphatic carbocycles. The van der Waals surface area contributed by atoms with Gasteiger partial charge in [-0.1, -0.05) is 6.92 Å². The Morgan fingerprint density at radius 2 is 2.12 bits per heavy atom. The number of aliphatic carboxylic acids is 1. The third kappa shape index (κ3) is 6.13. The van der Waals surface area contributed by atoms with Crippen LogP contribution < -0.4 is 10.6 Å². The van der Waals surface area contributed by atoms with Crippen molar-refractivity contribution in [2.75, 3.05) is 46.4 Å². The van der Waals surface area contributed by atoms with Crippen molar-refractivity contribution in [3.8, 4) is 0 Å². The van der Waals surface area contributed by atoms with E-state index in [1.54, 1.807) is 7.11 Å². The predicted octanol–water partition coefficient (Wildman–Crippen LogP) is 0.334. The van der Waals surface area contributed by atoms with Gasteiger partial charge >= 0.3 is 12.0 Å². The van der Waals surface area contributed by atoms with Gasteiger partial charge in [-0.3, -0.25) is 14.6 Å². The first-order valence-corrected chi connectivity index (χ1v) is 9.26. The molecule has 0 aromatic rings. The van der Waals surface area contributed by atoms with Crippen molar-refractivity contribution in [1.29, 1.82) is 0 Å². The van der Waals surface area contributed by atoms with Crippen LogP contribution in [-0.2, 0) is 9.53 Å². The van der Waals surface area contributed by atoms with Crippen LogP contribution in [0.15, 0.2) is 0 Å². The zero-order chi connectivity index (χ0) is 18.2. The van der Waals surface area contributed by atoms with E-state index in [4.69, 9.17) is 9.84 Å². The Labute approximate surface area is 149 Å². The van der Waals surface area contributed by atoms with E-state index >= 15 is 0 Å². The van der Waals surface area contributed by atoms with Crippen LogP contribution in [-0.4, -0.2) is 91.5 Å². The number of methoxy groups -OCH3 is 1. The molecule has 2 fully saturated rings. The van der Waals surface area contributed by atoms with Gasteiger partial charge in [0.25, 0.3) is 0 Å². The Morgan fingerprint density at radius 1 is 1.36 bits per heavy atom. The lowest BCUT2D eigenvalue weighted by Crippen LogP contribution is -2.57. The molecule has 0 radical (unpaired) electrons. The number of nitrogens with zero attached hydrogens (tertiary/aromatic N) is 2. The number of nitrogens with one attached hydrogen (secondary N) is 2. The maximum Gasteiger partial charge on any atom is 0.317 e. The number of urea groups is 1. The molecule has 1 unspecified atom stereocenters. The topological polar surface area (TPSA) is 94.1 Å².